The Kier molecular flexibility index (Phi) is 3.85. The van der Waals surface area contributed by atoms with Gasteiger partial charge in [-0.25, -0.2) is 0 Å². The number of hydrogen-bond acceptors (Lipinski definition) is 3. The number of aryl methyl sites for hydroxylation is 1. The number of nitrogens with zero attached hydrogens (tertiary/aromatic N) is 1. The van der Waals surface area contributed by atoms with Gasteiger partial charge in [-0.1, -0.05) is 30.3 Å². The van der Waals surface area contributed by atoms with Crippen molar-refractivity contribution in [2.45, 2.75) is 6.92 Å². The molecule has 0 atom stereocenters. The van der Waals surface area contributed by atoms with Crippen LogP contribution in [0.4, 0.5) is 5.69 Å². The Morgan fingerprint density at radius 2 is 1.88 bits per heavy atom. The fourth-order valence-electron chi connectivity index (χ4n) is 3.05. The lowest BCUT2D eigenvalue weighted by molar-refractivity contribution is -0.112. The molecule has 0 aliphatic carbocycles. The number of benzene rings is 2. The minimum Gasteiger partial charge on any atom is -0.358 e. The first kappa shape index (κ1) is 15.8. The predicted octanol–water partition coefficient (Wildman–Crippen LogP) is 3.69. The largest absolute Gasteiger partial charge is 0.358 e. The van der Waals surface area contributed by atoms with Gasteiger partial charge in [0.05, 0.1) is 11.3 Å². The van der Waals surface area contributed by atoms with Crippen LogP contribution in [0.3, 0.4) is 0 Å². The van der Waals surface area contributed by atoms with Crippen LogP contribution in [0, 0.1) is 6.92 Å². The van der Waals surface area contributed by atoms with E-state index in [0.717, 1.165) is 22.2 Å². The summed E-state index contributed by atoms with van der Waals surface area (Å²) in [5.74, 6) is -1.23. The highest BCUT2D eigenvalue weighted by molar-refractivity contribution is 6.48. The Labute approximate surface area is 149 Å². The van der Waals surface area contributed by atoms with Gasteiger partial charge in [-0.3, -0.25) is 14.7 Å². The van der Waals surface area contributed by atoms with Crippen LogP contribution >= 0.6 is 0 Å². The highest BCUT2D eigenvalue weighted by Crippen LogP contribution is 2.24. The summed E-state index contributed by atoms with van der Waals surface area (Å²) in [6.07, 6.45) is 1.66. The second-order valence-electron chi connectivity index (χ2n) is 6.00. The maximum atomic E-state index is 12.7. The highest BCUT2D eigenvalue weighted by atomic mass is 16.2. The molecule has 0 spiro atoms. The lowest BCUT2D eigenvalue weighted by Crippen LogP contribution is -2.23. The number of nitrogens with one attached hydrogen (secondary N) is 3. The molecular weight excluding hydrogens is 328 g/mol. The summed E-state index contributed by atoms with van der Waals surface area (Å²) in [7, 11) is 0. The fraction of sp³-hybridized carbons (Fsp3) is 0.0500. The second-order valence-corrected chi connectivity index (χ2v) is 6.00. The van der Waals surface area contributed by atoms with Crippen LogP contribution in [-0.2, 0) is 4.79 Å². The molecule has 2 aromatic heterocycles. The van der Waals surface area contributed by atoms with Crippen LogP contribution in [0.15, 0.2) is 60.8 Å². The normalized spacial score (nSPS) is 10.8. The maximum absolute atomic E-state index is 12.7. The zero-order valence-corrected chi connectivity index (χ0v) is 14.0. The highest BCUT2D eigenvalue weighted by Gasteiger charge is 2.22. The zero-order chi connectivity index (χ0) is 18.1. The molecule has 0 aliphatic rings. The van der Waals surface area contributed by atoms with Crippen LogP contribution in [0.1, 0.15) is 16.1 Å². The van der Waals surface area contributed by atoms with E-state index in [1.165, 1.54) is 0 Å². The molecule has 6 nitrogen and oxygen atoms in total. The third-order valence-electron chi connectivity index (χ3n) is 4.26. The maximum Gasteiger partial charge on any atom is 0.296 e. The summed E-state index contributed by atoms with van der Waals surface area (Å²) in [6, 6.07) is 16.5. The van der Waals surface area contributed by atoms with Crippen LogP contribution in [-0.4, -0.2) is 26.9 Å². The number of carbonyl (C=O) groups excluding carboxylic acids is 2. The van der Waals surface area contributed by atoms with Gasteiger partial charge in [0, 0.05) is 34.0 Å². The van der Waals surface area contributed by atoms with Crippen LogP contribution in [0.2, 0.25) is 0 Å². The molecular formula is C20H16N4O2. The standard InChI is InChI=1S/C20H16N4O2/c1-12-18(15-7-2-3-8-17(15)22-12)19(25)20(26)23-14-6-4-5-13(11-14)16-9-10-21-24-16/h2-11,22H,1H3,(H,21,24)(H,23,26). The first-order valence-corrected chi connectivity index (χ1v) is 8.16. The minimum absolute atomic E-state index is 0.405. The number of fused-ring (bicyclic) bond motifs is 1. The van der Waals surface area contributed by atoms with Crippen LogP contribution in [0.5, 0.6) is 0 Å². The van der Waals surface area contributed by atoms with E-state index in [1.807, 2.05) is 42.5 Å². The van der Waals surface area contributed by atoms with Crippen LogP contribution in [0.25, 0.3) is 22.2 Å². The SMILES string of the molecule is Cc1[nH]c2ccccc2c1C(=O)C(=O)Nc1cccc(-c2ccn[nH]2)c1. The van der Waals surface area contributed by atoms with Crippen molar-refractivity contribution in [2.75, 3.05) is 5.32 Å². The summed E-state index contributed by atoms with van der Waals surface area (Å²) in [5.41, 5.74) is 4.17. The number of ketones is 1. The number of anilines is 1. The molecule has 0 fully saturated rings. The molecule has 2 heterocycles. The Balaban J connectivity index is 1.61. The molecule has 4 rings (SSSR count). The van der Waals surface area contributed by atoms with Gasteiger partial charge in [0.1, 0.15) is 0 Å². The van der Waals surface area contributed by atoms with E-state index in [0.29, 0.717) is 16.9 Å². The quantitative estimate of drug-likeness (QED) is 0.389. The molecule has 0 aliphatic heterocycles. The molecule has 6 heteroatoms. The molecule has 3 N–H and O–H groups in total. The van der Waals surface area contributed by atoms with Crippen molar-refractivity contribution in [1.29, 1.82) is 0 Å². The molecule has 0 saturated carbocycles. The van der Waals surface area contributed by atoms with Crippen molar-refractivity contribution in [3.05, 3.63) is 72.1 Å². The number of H-pyrrole nitrogens is 2. The smallest absolute Gasteiger partial charge is 0.296 e. The van der Waals surface area contributed by atoms with Crippen molar-refractivity contribution in [3.63, 3.8) is 0 Å². The van der Waals surface area contributed by atoms with E-state index in [2.05, 4.69) is 20.5 Å². The Morgan fingerprint density at radius 1 is 1.04 bits per heavy atom. The van der Waals surface area contributed by atoms with Gasteiger partial charge in [0.2, 0.25) is 0 Å². The van der Waals surface area contributed by atoms with Gasteiger partial charge in [-0.2, -0.15) is 5.10 Å². The first-order valence-electron chi connectivity index (χ1n) is 8.16. The van der Waals surface area contributed by atoms with E-state index in [4.69, 9.17) is 0 Å². The van der Waals surface area contributed by atoms with Gasteiger partial charge < -0.3 is 10.3 Å². The topological polar surface area (TPSA) is 90.6 Å². The molecule has 26 heavy (non-hydrogen) atoms. The number of rotatable bonds is 4. The lowest BCUT2D eigenvalue weighted by Gasteiger charge is -2.06. The first-order chi connectivity index (χ1) is 12.6. The van der Waals surface area contributed by atoms with Crippen molar-refractivity contribution in [3.8, 4) is 11.3 Å². The fourth-order valence-corrected chi connectivity index (χ4v) is 3.05. The average molecular weight is 344 g/mol. The van der Waals surface area contributed by atoms with E-state index < -0.39 is 11.7 Å². The molecule has 128 valence electrons. The zero-order valence-electron chi connectivity index (χ0n) is 14.0. The number of hydrogen-bond donors (Lipinski definition) is 3. The third kappa shape index (κ3) is 2.77. The number of Topliss-reactive ketones (excluding diaryl/α,β-unsaturated/α-hetero) is 1. The van der Waals surface area contributed by atoms with Crippen molar-refractivity contribution in [2.24, 2.45) is 0 Å². The number of aromatic amines is 2. The van der Waals surface area contributed by atoms with E-state index >= 15 is 0 Å². The third-order valence-corrected chi connectivity index (χ3v) is 4.26. The van der Waals surface area contributed by atoms with Crippen LogP contribution < -0.4 is 5.32 Å². The van der Waals surface area contributed by atoms with Gasteiger partial charge in [-0.05, 0) is 31.2 Å². The predicted molar refractivity (Wildman–Crippen MR) is 100 cm³/mol. The van der Waals surface area contributed by atoms with Gasteiger partial charge in [0.25, 0.3) is 11.7 Å². The second kappa shape index (κ2) is 6.33. The molecule has 0 bridgehead atoms. The van der Waals surface area contributed by atoms with E-state index in [9.17, 15) is 9.59 Å². The van der Waals surface area contributed by atoms with Gasteiger partial charge in [-0.15, -0.1) is 0 Å². The summed E-state index contributed by atoms with van der Waals surface area (Å²) in [6.45, 7) is 1.79. The Bertz CT molecular complexity index is 1110. The monoisotopic (exact) mass is 344 g/mol. The lowest BCUT2D eigenvalue weighted by atomic mass is 10.1. The van der Waals surface area contributed by atoms with Crippen molar-refractivity contribution < 1.29 is 9.59 Å². The summed E-state index contributed by atoms with van der Waals surface area (Å²) < 4.78 is 0. The van der Waals surface area contributed by atoms with Gasteiger partial charge in [0.15, 0.2) is 0 Å². The minimum atomic E-state index is -0.667. The number of aromatic nitrogens is 3. The summed E-state index contributed by atoms with van der Waals surface area (Å²) in [5, 5.41) is 10.2. The van der Waals surface area contributed by atoms with E-state index in [1.54, 1.807) is 25.3 Å². The number of amides is 1. The van der Waals surface area contributed by atoms with E-state index in [-0.39, 0.29) is 0 Å². The molecule has 4 aromatic rings. The average Bonchev–Trinajstić information content (AvgIpc) is 3.28. The van der Waals surface area contributed by atoms with Crippen molar-refractivity contribution >= 4 is 28.3 Å². The molecule has 1 amide bonds. The van der Waals surface area contributed by atoms with Gasteiger partial charge >= 0.3 is 0 Å². The Morgan fingerprint density at radius 3 is 2.69 bits per heavy atom. The Hall–Kier alpha value is -3.67. The molecule has 0 saturated heterocycles. The molecule has 2 aromatic carbocycles. The summed E-state index contributed by atoms with van der Waals surface area (Å²) in [4.78, 5) is 28.4. The van der Waals surface area contributed by atoms with Crippen molar-refractivity contribution in [1.82, 2.24) is 15.2 Å². The molecule has 0 radical (unpaired) electrons. The molecule has 0 unspecified atom stereocenters. The number of carbonyl (C=O) groups is 2. The summed E-state index contributed by atoms with van der Waals surface area (Å²) >= 11 is 0. The number of para-hydroxylation sites is 1.